The molecule has 1 aromatic rings. The number of benzene rings is 1. The molecule has 0 heterocycles. The molecule has 0 aliphatic carbocycles. The highest BCUT2D eigenvalue weighted by Crippen LogP contribution is 2.14. The molecule has 0 spiro atoms. The molecule has 1 atom stereocenters. The van der Waals surface area contributed by atoms with Crippen molar-refractivity contribution in [3.8, 4) is 5.75 Å². The monoisotopic (exact) mass is 306 g/mol. The molecule has 0 saturated carbocycles. The van der Waals surface area contributed by atoms with Gasteiger partial charge in [-0.25, -0.2) is 13.1 Å². The molecule has 3 N–H and O–H groups in total. The maximum atomic E-state index is 11.6. The second-order valence-electron chi connectivity index (χ2n) is 3.91. The quantitative estimate of drug-likeness (QED) is 0.656. The fourth-order valence-corrected chi connectivity index (χ4v) is 2.67. The minimum atomic E-state index is -3.40. The molecule has 0 amide bonds. The fraction of sp³-hybridized carbons (Fsp3) is 0.455. The van der Waals surface area contributed by atoms with E-state index in [1.165, 1.54) is 6.26 Å². The first-order valence-corrected chi connectivity index (χ1v) is 9.03. The normalized spacial score (nSPS) is 13.1. The van der Waals surface area contributed by atoms with Crippen molar-refractivity contribution in [2.24, 2.45) is 0 Å². The lowest BCUT2D eigenvalue weighted by atomic mass is 10.3. The molecule has 1 aromatic carbocycles. The lowest BCUT2D eigenvalue weighted by molar-refractivity contribution is 0.340. The van der Waals surface area contributed by atoms with Crippen molar-refractivity contribution < 1.29 is 17.4 Å². The van der Waals surface area contributed by atoms with Crippen LogP contribution < -0.4 is 15.2 Å². The van der Waals surface area contributed by atoms with Gasteiger partial charge in [-0.2, -0.15) is 0 Å². The zero-order chi connectivity index (χ0) is 14.3. The predicted molar refractivity (Wildman–Crippen MR) is 77.1 cm³/mol. The molecule has 1 rings (SSSR count). The van der Waals surface area contributed by atoms with E-state index in [1.54, 1.807) is 24.3 Å². The largest absolute Gasteiger partial charge is 0.492 e. The molecule has 19 heavy (non-hydrogen) atoms. The van der Waals surface area contributed by atoms with Crippen LogP contribution >= 0.6 is 0 Å². The van der Waals surface area contributed by atoms with Crippen LogP contribution in [0, 0.1) is 0 Å². The van der Waals surface area contributed by atoms with E-state index in [9.17, 15) is 12.6 Å². The molecule has 8 heteroatoms. The number of ether oxygens (including phenoxy) is 1. The third-order valence-electron chi connectivity index (χ3n) is 2.19. The van der Waals surface area contributed by atoms with Gasteiger partial charge in [-0.1, -0.05) is 6.07 Å². The van der Waals surface area contributed by atoms with Crippen molar-refractivity contribution in [2.75, 3.05) is 36.6 Å². The highest BCUT2D eigenvalue weighted by atomic mass is 32.2. The molecule has 0 radical (unpaired) electrons. The van der Waals surface area contributed by atoms with Crippen LogP contribution in [0.2, 0.25) is 0 Å². The molecule has 0 fully saturated rings. The van der Waals surface area contributed by atoms with Crippen LogP contribution in [-0.4, -0.2) is 43.5 Å². The van der Waals surface area contributed by atoms with Crippen molar-refractivity contribution >= 4 is 26.5 Å². The summed E-state index contributed by atoms with van der Waals surface area (Å²) in [6.07, 6.45) is 1.53. The summed E-state index contributed by atoms with van der Waals surface area (Å²) in [5, 5.41) is 0. The maximum Gasteiger partial charge on any atom is 0.214 e. The van der Waals surface area contributed by atoms with Gasteiger partial charge in [0.1, 0.15) is 12.4 Å². The van der Waals surface area contributed by atoms with Crippen LogP contribution in [0.25, 0.3) is 0 Å². The molecule has 0 aromatic heterocycles. The molecule has 0 aliphatic rings. The average Bonchev–Trinajstić information content (AvgIpc) is 2.27. The van der Waals surface area contributed by atoms with Gasteiger partial charge in [0.05, 0.1) is 5.75 Å². The second kappa shape index (κ2) is 7.46. The molecular formula is C11H18N2O4S2. The third kappa shape index (κ3) is 7.14. The third-order valence-corrected chi connectivity index (χ3v) is 4.32. The Morgan fingerprint density at radius 1 is 1.42 bits per heavy atom. The molecule has 6 nitrogen and oxygen atoms in total. The van der Waals surface area contributed by atoms with E-state index in [0.717, 1.165) is 0 Å². The molecule has 1 unspecified atom stereocenters. The van der Waals surface area contributed by atoms with Crippen molar-refractivity contribution in [3.63, 3.8) is 0 Å². The van der Waals surface area contributed by atoms with Crippen molar-refractivity contribution in [3.05, 3.63) is 24.3 Å². The fourth-order valence-electron chi connectivity index (χ4n) is 1.29. The van der Waals surface area contributed by atoms with E-state index in [-0.39, 0.29) is 18.9 Å². The Balaban J connectivity index is 2.33. The van der Waals surface area contributed by atoms with Gasteiger partial charge in [0, 0.05) is 41.1 Å². The summed E-state index contributed by atoms with van der Waals surface area (Å²) in [6, 6.07) is 6.78. The minimum absolute atomic E-state index is 0.0357. The van der Waals surface area contributed by atoms with Crippen LogP contribution in [0.15, 0.2) is 24.3 Å². The topological polar surface area (TPSA) is 98.5 Å². The van der Waals surface area contributed by atoms with Gasteiger partial charge in [0.2, 0.25) is 10.0 Å². The van der Waals surface area contributed by atoms with Gasteiger partial charge >= 0.3 is 0 Å². The number of sulfonamides is 1. The smallest absolute Gasteiger partial charge is 0.214 e. The van der Waals surface area contributed by atoms with E-state index in [0.29, 0.717) is 17.2 Å². The van der Waals surface area contributed by atoms with Gasteiger partial charge in [-0.05, 0) is 12.1 Å². The number of nitrogen functional groups attached to an aromatic ring is 1. The van der Waals surface area contributed by atoms with Crippen LogP contribution in [0.5, 0.6) is 5.75 Å². The summed E-state index contributed by atoms with van der Waals surface area (Å²) >= 11 is 0. The first-order valence-electron chi connectivity index (χ1n) is 5.65. The van der Waals surface area contributed by atoms with Crippen molar-refractivity contribution in [2.45, 2.75) is 0 Å². The maximum absolute atomic E-state index is 11.6. The van der Waals surface area contributed by atoms with Gasteiger partial charge in [0.15, 0.2) is 0 Å². The number of hydrogen-bond acceptors (Lipinski definition) is 5. The highest BCUT2D eigenvalue weighted by Gasteiger charge is 2.10. The summed E-state index contributed by atoms with van der Waals surface area (Å²) < 4.78 is 41.6. The van der Waals surface area contributed by atoms with E-state index < -0.39 is 20.8 Å². The zero-order valence-electron chi connectivity index (χ0n) is 10.7. The molecular weight excluding hydrogens is 288 g/mol. The summed E-state index contributed by atoms with van der Waals surface area (Å²) in [5.41, 5.74) is 6.13. The van der Waals surface area contributed by atoms with E-state index >= 15 is 0 Å². The lowest BCUT2D eigenvalue weighted by Gasteiger charge is -2.08. The summed E-state index contributed by atoms with van der Waals surface area (Å²) in [6.45, 7) is 0.206. The number of rotatable bonds is 8. The first-order chi connectivity index (χ1) is 8.89. The molecule has 0 saturated heterocycles. The standard InChI is InChI=1S/C11H18N2O4S2/c1-18(14)7-5-13-19(15,16)8-6-17-11-4-2-3-10(12)9-11/h2-4,9,13H,5-8,12H2,1H3. The minimum Gasteiger partial charge on any atom is -0.492 e. The van der Waals surface area contributed by atoms with Crippen molar-refractivity contribution in [1.29, 1.82) is 0 Å². The number of hydrogen-bond donors (Lipinski definition) is 2. The summed E-state index contributed by atoms with van der Waals surface area (Å²) in [7, 11) is -4.41. The molecule has 0 bridgehead atoms. The predicted octanol–water partition coefficient (Wildman–Crippen LogP) is -0.0545. The SMILES string of the molecule is CS(=O)CCNS(=O)(=O)CCOc1cccc(N)c1. The zero-order valence-corrected chi connectivity index (χ0v) is 12.3. The Bertz CT molecular complexity index is 531. The lowest BCUT2D eigenvalue weighted by Crippen LogP contribution is -2.31. The summed E-state index contributed by atoms with van der Waals surface area (Å²) in [5.74, 6) is 0.679. The molecule has 0 aliphatic heterocycles. The average molecular weight is 306 g/mol. The Kier molecular flexibility index (Phi) is 6.26. The van der Waals surface area contributed by atoms with Gasteiger partial charge in [0.25, 0.3) is 0 Å². The Hall–Kier alpha value is -1.12. The van der Waals surface area contributed by atoms with Crippen molar-refractivity contribution in [1.82, 2.24) is 4.72 Å². The van der Waals surface area contributed by atoms with Gasteiger partial charge < -0.3 is 10.5 Å². The van der Waals surface area contributed by atoms with Crippen LogP contribution in [0.1, 0.15) is 0 Å². The van der Waals surface area contributed by atoms with E-state index in [1.807, 2.05) is 0 Å². The summed E-state index contributed by atoms with van der Waals surface area (Å²) in [4.78, 5) is 0. The first kappa shape index (κ1) is 15.9. The van der Waals surface area contributed by atoms with Gasteiger partial charge in [-0.3, -0.25) is 4.21 Å². The van der Waals surface area contributed by atoms with Gasteiger partial charge in [-0.15, -0.1) is 0 Å². The number of nitrogens with two attached hydrogens (primary N) is 1. The van der Waals surface area contributed by atoms with E-state index in [2.05, 4.69) is 4.72 Å². The highest BCUT2D eigenvalue weighted by molar-refractivity contribution is 7.89. The Morgan fingerprint density at radius 3 is 2.79 bits per heavy atom. The second-order valence-corrected chi connectivity index (χ2v) is 7.39. The molecule has 108 valence electrons. The van der Waals surface area contributed by atoms with E-state index in [4.69, 9.17) is 10.5 Å². The Labute approximate surface area is 115 Å². The Morgan fingerprint density at radius 2 is 2.16 bits per heavy atom. The number of nitrogens with one attached hydrogen (secondary N) is 1. The van der Waals surface area contributed by atoms with Crippen LogP contribution in [-0.2, 0) is 20.8 Å². The van der Waals surface area contributed by atoms with Crippen LogP contribution in [0.3, 0.4) is 0 Å². The van der Waals surface area contributed by atoms with Crippen LogP contribution in [0.4, 0.5) is 5.69 Å². The number of anilines is 1.